The summed E-state index contributed by atoms with van der Waals surface area (Å²) in [5, 5.41) is 3.42. The fraction of sp³-hybridized carbons (Fsp3) is 0.632. The zero-order chi connectivity index (χ0) is 17.2. The van der Waals surface area contributed by atoms with Gasteiger partial charge in [-0.1, -0.05) is 30.3 Å². The van der Waals surface area contributed by atoms with E-state index in [0.717, 1.165) is 38.7 Å². The van der Waals surface area contributed by atoms with Crippen molar-refractivity contribution < 1.29 is 4.74 Å². The van der Waals surface area contributed by atoms with Gasteiger partial charge < -0.3 is 15.0 Å². The van der Waals surface area contributed by atoms with Crippen LogP contribution < -0.4 is 5.32 Å². The predicted molar refractivity (Wildman–Crippen MR) is 116 cm³/mol. The molecule has 0 saturated carbocycles. The van der Waals surface area contributed by atoms with Crippen LogP contribution in [0.25, 0.3) is 0 Å². The fourth-order valence-corrected chi connectivity index (χ4v) is 3.20. The highest BCUT2D eigenvalue weighted by Crippen LogP contribution is 2.17. The minimum Gasteiger partial charge on any atom is -0.383 e. The van der Waals surface area contributed by atoms with E-state index >= 15 is 0 Å². The topological polar surface area (TPSA) is 40.1 Å². The highest BCUT2D eigenvalue weighted by molar-refractivity contribution is 14.0. The number of hydrogen-bond donors (Lipinski definition) is 1. The number of guanidine groups is 1. The molecule has 1 saturated heterocycles. The molecule has 5 nitrogen and oxygen atoms in total. The summed E-state index contributed by atoms with van der Waals surface area (Å²) in [6.45, 7) is 7.69. The number of methoxy groups -OCH3 is 1. The first kappa shape index (κ1) is 22.2. The van der Waals surface area contributed by atoms with Crippen molar-refractivity contribution in [2.75, 3.05) is 46.9 Å². The van der Waals surface area contributed by atoms with Gasteiger partial charge in [-0.05, 0) is 31.9 Å². The summed E-state index contributed by atoms with van der Waals surface area (Å²) in [5.74, 6) is 0.986. The number of ether oxygens (including phenoxy) is 1. The molecule has 1 aromatic carbocycles. The largest absolute Gasteiger partial charge is 0.383 e. The third-order valence-electron chi connectivity index (χ3n) is 4.49. The summed E-state index contributed by atoms with van der Waals surface area (Å²) >= 11 is 0. The minimum absolute atomic E-state index is 0. The Bertz CT molecular complexity index is 497. The van der Waals surface area contributed by atoms with Crippen molar-refractivity contribution >= 4 is 29.9 Å². The Morgan fingerprint density at radius 3 is 2.80 bits per heavy atom. The number of nitrogens with one attached hydrogen (secondary N) is 1. The number of likely N-dealkylation sites (tertiary alicyclic amines) is 1. The van der Waals surface area contributed by atoms with Crippen LogP contribution in [0.2, 0.25) is 0 Å². The summed E-state index contributed by atoms with van der Waals surface area (Å²) in [7, 11) is 3.87. The molecule has 25 heavy (non-hydrogen) atoms. The van der Waals surface area contributed by atoms with Crippen LogP contribution in [0.5, 0.6) is 0 Å². The number of hydrogen-bond acceptors (Lipinski definition) is 3. The van der Waals surface area contributed by atoms with Crippen LogP contribution >= 0.6 is 24.0 Å². The van der Waals surface area contributed by atoms with Crippen LogP contribution in [0.1, 0.15) is 25.3 Å². The van der Waals surface area contributed by atoms with Gasteiger partial charge in [0.15, 0.2) is 5.96 Å². The molecule has 1 aliphatic heterocycles. The molecule has 1 fully saturated rings. The van der Waals surface area contributed by atoms with Gasteiger partial charge in [0.1, 0.15) is 0 Å². The molecular weight excluding hydrogens is 427 g/mol. The number of aliphatic imine (C=N–C) groups is 1. The van der Waals surface area contributed by atoms with Crippen LogP contribution in [0.15, 0.2) is 35.3 Å². The average Bonchev–Trinajstić information content (AvgIpc) is 3.05. The summed E-state index contributed by atoms with van der Waals surface area (Å²) in [6.07, 6.45) is 2.50. The number of benzene rings is 1. The van der Waals surface area contributed by atoms with Crippen LogP contribution in [-0.4, -0.2) is 68.7 Å². The van der Waals surface area contributed by atoms with Crippen molar-refractivity contribution in [3.63, 3.8) is 0 Å². The van der Waals surface area contributed by atoms with Gasteiger partial charge in [0.2, 0.25) is 0 Å². The maximum absolute atomic E-state index is 5.22. The Morgan fingerprint density at radius 1 is 1.36 bits per heavy atom. The van der Waals surface area contributed by atoms with Gasteiger partial charge >= 0.3 is 0 Å². The van der Waals surface area contributed by atoms with Gasteiger partial charge in [0.25, 0.3) is 0 Å². The molecule has 0 spiro atoms. The molecule has 1 aliphatic rings. The lowest BCUT2D eigenvalue weighted by molar-refractivity contribution is 0.142. The van der Waals surface area contributed by atoms with Crippen molar-refractivity contribution in [1.29, 1.82) is 0 Å². The molecule has 1 heterocycles. The van der Waals surface area contributed by atoms with E-state index in [1.807, 2.05) is 0 Å². The van der Waals surface area contributed by atoms with Gasteiger partial charge in [-0.15, -0.1) is 24.0 Å². The first-order chi connectivity index (χ1) is 11.7. The van der Waals surface area contributed by atoms with Gasteiger partial charge in [0, 0.05) is 39.8 Å². The minimum atomic E-state index is 0. The zero-order valence-corrected chi connectivity index (χ0v) is 18.1. The lowest BCUT2D eigenvalue weighted by Gasteiger charge is -2.25. The van der Waals surface area contributed by atoms with E-state index in [4.69, 9.17) is 9.73 Å². The molecule has 0 aromatic heterocycles. The van der Waals surface area contributed by atoms with Crippen molar-refractivity contribution in [2.24, 2.45) is 4.99 Å². The van der Waals surface area contributed by atoms with E-state index in [2.05, 4.69) is 59.4 Å². The Balaban J connectivity index is 0.00000312. The van der Waals surface area contributed by atoms with Gasteiger partial charge in [0.05, 0.1) is 13.2 Å². The van der Waals surface area contributed by atoms with Crippen LogP contribution in [0, 0.1) is 0 Å². The van der Waals surface area contributed by atoms with Crippen LogP contribution in [-0.2, 0) is 11.3 Å². The zero-order valence-electron chi connectivity index (χ0n) is 15.8. The second-order valence-corrected chi connectivity index (χ2v) is 6.36. The first-order valence-electron chi connectivity index (χ1n) is 9.01. The molecule has 1 unspecified atom stereocenters. The molecular formula is C19H33IN4O. The summed E-state index contributed by atoms with van der Waals surface area (Å²) in [5.41, 5.74) is 1.30. The van der Waals surface area contributed by atoms with E-state index in [9.17, 15) is 0 Å². The molecule has 6 heteroatoms. The van der Waals surface area contributed by atoms with Crippen molar-refractivity contribution in [2.45, 2.75) is 32.4 Å². The Kier molecular flexibility index (Phi) is 11.1. The summed E-state index contributed by atoms with van der Waals surface area (Å²) in [6, 6.07) is 11.1. The second-order valence-electron chi connectivity index (χ2n) is 6.36. The lowest BCUT2D eigenvalue weighted by Crippen LogP contribution is -2.40. The average molecular weight is 460 g/mol. The third kappa shape index (κ3) is 7.50. The molecule has 0 amide bonds. The van der Waals surface area contributed by atoms with E-state index in [0.29, 0.717) is 6.04 Å². The second kappa shape index (κ2) is 12.5. The fourth-order valence-electron chi connectivity index (χ4n) is 3.20. The molecule has 0 bridgehead atoms. The van der Waals surface area contributed by atoms with Crippen molar-refractivity contribution in [3.05, 3.63) is 35.9 Å². The summed E-state index contributed by atoms with van der Waals surface area (Å²) in [4.78, 5) is 9.61. The van der Waals surface area contributed by atoms with E-state index < -0.39 is 0 Å². The first-order valence-corrected chi connectivity index (χ1v) is 9.01. The van der Waals surface area contributed by atoms with Crippen molar-refractivity contribution in [1.82, 2.24) is 15.1 Å². The van der Waals surface area contributed by atoms with Crippen LogP contribution in [0.3, 0.4) is 0 Å². The standard InChI is InChI=1S/C19H32N4O.HI/c1-4-20-19(22(2)16-17-9-6-5-7-10-17)21-15-18-11-8-12-23(18)13-14-24-3;/h5-7,9-10,18H,4,8,11-16H2,1-3H3,(H,20,21);1H. The molecule has 142 valence electrons. The molecule has 0 aliphatic carbocycles. The summed E-state index contributed by atoms with van der Waals surface area (Å²) < 4.78 is 5.22. The van der Waals surface area contributed by atoms with E-state index in [-0.39, 0.29) is 24.0 Å². The number of halogens is 1. The number of nitrogens with zero attached hydrogens (tertiary/aromatic N) is 3. The molecule has 1 N–H and O–H groups in total. The van der Waals surface area contributed by atoms with Gasteiger partial charge in [-0.3, -0.25) is 9.89 Å². The van der Waals surface area contributed by atoms with Crippen molar-refractivity contribution in [3.8, 4) is 0 Å². The van der Waals surface area contributed by atoms with E-state index in [1.54, 1.807) is 7.11 Å². The third-order valence-corrected chi connectivity index (χ3v) is 4.49. The molecule has 2 rings (SSSR count). The SMILES string of the molecule is CCNC(=NCC1CCCN1CCOC)N(C)Cc1ccccc1.I. The predicted octanol–water partition coefficient (Wildman–Crippen LogP) is 2.81. The highest BCUT2D eigenvalue weighted by Gasteiger charge is 2.23. The normalized spacial score (nSPS) is 18.0. The number of rotatable bonds is 8. The Hall–Kier alpha value is -0.860. The van der Waals surface area contributed by atoms with Crippen LogP contribution in [0.4, 0.5) is 0 Å². The highest BCUT2D eigenvalue weighted by atomic mass is 127. The van der Waals surface area contributed by atoms with E-state index in [1.165, 1.54) is 24.9 Å². The smallest absolute Gasteiger partial charge is 0.194 e. The quantitative estimate of drug-likeness (QED) is 0.368. The molecule has 0 radical (unpaired) electrons. The maximum atomic E-state index is 5.22. The molecule has 1 aromatic rings. The Morgan fingerprint density at radius 2 is 2.12 bits per heavy atom. The van der Waals surface area contributed by atoms with Gasteiger partial charge in [-0.2, -0.15) is 0 Å². The Labute approximate surface area is 169 Å². The monoisotopic (exact) mass is 460 g/mol. The lowest BCUT2D eigenvalue weighted by atomic mass is 10.2. The molecule has 1 atom stereocenters. The maximum Gasteiger partial charge on any atom is 0.194 e. The van der Waals surface area contributed by atoms with Gasteiger partial charge in [-0.25, -0.2) is 0 Å².